The van der Waals surface area contributed by atoms with Crippen LogP contribution >= 0.6 is 0 Å². The number of hydrogen-bond donors (Lipinski definition) is 0. The van der Waals surface area contributed by atoms with Crippen molar-refractivity contribution in [3.8, 4) is 5.75 Å². The third-order valence-corrected chi connectivity index (χ3v) is 8.11. The van der Waals surface area contributed by atoms with E-state index < -0.39 is 0 Å². The average molecular weight is 498 g/mol. The number of rotatable bonds is 3. The molecule has 1 aromatic heterocycles. The Morgan fingerprint density at radius 1 is 0.973 bits per heavy atom. The number of nitrogens with zero attached hydrogens (tertiary/aromatic N) is 3. The van der Waals surface area contributed by atoms with E-state index in [-0.39, 0.29) is 11.3 Å². The van der Waals surface area contributed by atoms with Crippen molar-refractivity contribution in [1.82, 2.24) is 14.8 Å². The Balaban J connectivity index is 1.32. The number of piperidine rings is 1. The summed E-state index contributed by atoms with van der Waals surface area (Å²) in [5.41, 5.74) is 4.70. The van der Waals surface area contributed by atoms with Gasteiger partial charge in [0.2, 0.25) is 0 Å². The lowest BCUT2D eigenvalue weighted by molar-refractivity contribution is 0.0361. The van der Waals surface area contributed by atoms with Gasteiger partial charge in [0.25, 0.3) is 5.91 Å². The van der Waals surface area contributed by atoms with Crippen LogP contribution in [0.5, 0.6) is 5.75 Å². The number of hydrogen-bond acceptors (Lipinski definition) is 4. The van der Waals surface area contributed by atoms with E-state index in [1.165, 1.54) is 24.0 Å². The van der Waals surface area contributed by atoms with Crippen LogP contribution in [-0.2, 0) is 13.0 Å². The van der Waals surface area contributed by atoms with Crippen molar-refractivity contribution < 1.29 is 9.53 Å². The number of pyridine rings is 1. The Labute approximate surface area is 221 Å². The van der Waals surface area contributed by atoms with Crippen LogP contribution in [0.4, 0.5) is 0 Å². The number of para-hydroxylation sites is 1. The Hall–Kier alpha value is -3.18. The Morgan fingerprint density at radius 3 is 2.65 bits per heavy atom. The summed E-state index contributed by atoms with van der Waals surface area (Å²) in [7, 11) is 0. The number of fused-ring (bicyclic) bond motifs is 1. The molecular weight excluding hydrogens is 458 g/mol. The van der Waals surface area contributed by atoms with E-state index in [1.807, 2.05) is 49.6 Å². The minimum atomic E-state index is 0.170. The van der Waals surface area contributed by atoms with Crippen LogP contribution < -0.4 is 4.74 Å². The van der Waals surface area contributed by atoms with Gasteiger partial charge in [-0.25, -0.2) is 0 Å². The molecule has 5 rings (SSSR count). The van der Waals surface area contributed by atoms with Crippen molar-refractivity contribution in [3.05, 3.63) is 95.3 Å². The minimum Gasteiger partial charge on any atom is -0.492 e. The smallest absolute Gasteiger partial charge is 0.253 e. The number of carbonyl (C=O) groups is 1. The van der Waals surface area contributed by atoms with Gasteiger partial charge in [0.05, 0.1) is 0 Å². The topological polar surface area (TPSA) is 45.7 Å². The summed E-state index contributed by atoms with van der Waals surface area (Å²) in [6, 6.07) is 20.7. The number of benzene rings is 2. The second kappa shape index (κ2) is 11.9. The molecule has 0 saturated carbocycles. The summed E-state index contributed by atoms with van der Waals surface area (Å²) in [6.07, 6.45) is 10.5. The Kier molecular flexibility index (Phi) is 8.20. The van der Waals surface area contributed by atoms with Gasteiger partial charge >= 0.3 is 0 Å². The number of amides is 1. The number of aryl methyl sites for hydroxylation is 2. The molecule has 1 spiro atoms. The highest BCUT2D eigenvalue weighted by molar-refractivity contribution is 5.94. The Morgan fingerprint density at radius 2 is 1.84 bits per heavy atom. The predicted molar refractivity (Wildman–Crippen MR) is 148 cm³/mol. The average Bonchev–Trinajstić information content (AvgIpc) is 2.92. The fourth-order valence-corrected chi connectivity index (χ4v) is 6.02. The number of aromatic nitrogens is 1. The van der Waals surface area contributed by atoms with Crippen LogP contribution in [0.1, 0.15) is 59.2 Å². The fourth-order valence-electron chi connectivity index (χ4n) is 6.02. The lowest BCUT2D eigenvalue weighted by atomic mass is 9.73. The molecule has 2 aromatic carbocycles. The summed E-state index contributed by atoms with van der Waals surface area (Å²) < 4.78 is 6.30. The van der Waals surface area contributed by atoms with Crippen LogP contribution in [0, 0.1) is 12.3 Å². The van der Waals surface area contributed by atoms with Gasteiger partial charge in [-0.2, -0.15) is 0 Å². The van der Waals surface area contributed by atoms with Crippen LogP contribution in [0.3, 0.4) is 0 Å². The molecule has 5 heteroatoms. The molecule has 194 valence electrons. The highest BCUT2D eigenvalue weighted by Crippen LogP contribution is 2.39. The number of ether oxygens (including phenoxy) is 1. The summed E-state index contributed by atoms with van der Waals surface area (Å²) in [5.74, 6) is 1.20. The van der Waals surface area contributed by atoms with Gasteiger partial charge in [-0.1, -0.05) is 48.4 Å². The van der Waals surface area contributed by atoms with Crippen LogP contribution in [-0.4, -0.2) is 53.5 Å². The van der Waals surface area contributed by atoms with Crippen molar-refractivity contribution in [2.24, 2.45) is 5.41 Å². The van der Waals surface area contributed by atoms with Crippen LogP contribution in [0.25, 0.3) is 0 Å². The van der Waals surface area contributed by atoms with E-state index in [0.717, 1.165) is 75.3 Å². The van der Waals surface area contributed by atoms with Crippen LogP contribution in [0.15, 0.2) is 73.1 Å². The summed E-state index contributed by atoms with van der Waals surface area (Å²) >= 11 is 0. The van der Waals surface area contributed by atoms with Gasteiger partial charge < -0.3 is 9.64 Å². The molecule has 0 radical (unpaired) electrons. The number of likely N-dealkylation sites (tertiary alicyclic amines) is 1. The summed E-state index contributed by atoms with van der Waals surface area (Å²) in [6.45, 7) is 7.14. The van der Waals surface area contributed by atoms with Gasteiger partial charge in [0, 0.05) is 50.7 Å². The lowest BCUT2D eigenvalue weighted by Crippen LogP contribution is -2.48. The van der Waals surface area contributed by atoms with Gasteiger partial charge in [-0.3, -0.25) is 14.7 Å². The maximum atomic E-state index is 13.2. The molecule has 0 bridgehead atoms. The van der Waals surface area contributed by atoms with Gasteiger partial charge in [0.15, 0.2) is 0 Å². The molecule has 0 unspecified atom stereocenters. The quantitative estimate of drug-likeness (QED) is 0.451. The predicted octanol–water partition coefficient (Wildman–Crippen LogP) is 5.92. The highest BCUT2D eigenvalue weighted by atomic mass is 16.5. The van der Waals surface area contributed by atoms with Gasteiger partial charge in [-0.05, 0) is 79.8 Å². The zero-order valence-corrected chi connectivity index (χ0v) is 22.1. The van der Waals surface area contributed by atoms with Crippen molar-refractivity contribution in [1.29, 1.82) is 0 Å². The van der Waals surface area contributed by atoms with Crippen molar-refractivity contribution >= 4 is 5.91 Å². The molecular formula is C32H39N3O2. The highest BCUT2D eigenvalue weighted by Gasteiger charge is 2.37. The largest absolute Gasteiger partial charge is 0.492 e. The third-order valence-electron chi connectivity index (χ3n) is 8.11. The second-order valence-electron chi connectivity index (χ2n) is 10.9. The third kappa shape index (κ3) is 6.58. The standard InChI is InChI=1S/C32H39N3O2/c1-26-8-6-12-29(22-26)31(36)35-18-15-32(16-19-35)14-5-4-11-28-10-2-3-13-30(28)37-21-20-34(25-32)24-27-9-7-17-33-23-27/h2-3,6-10,12-13,17,22-23H,4-5,11,14-16,18-21,24-25H2,1H3. The summed E-state index contributed by atoms with van der Waals surface area (Å²) in [4.78, 5) is 22.2. The van der Waals surface area contributed by atoms with Crippen molar-refractivity contribution in [3.63, 3.8) is 0 Å². The SMILES string of the molecule is Cc1cccc(C(=O)N2CCC3(CCCCc4ccccc4OCCN(Cc4cccnc4)C3)CC2)c1. The minimum absolute atomic E-state index is 0.170. The monoisotopic (exact) mass is 497 g/mol. The molecule has 2 aliphatic heterocycles. The molecule has 1 amide bonds. The normalized spacial score (nSPS) is 18.8. The molecule has 1 saturated heterocycles. The molecule has 3 heterocycles. The van der Waals surface area contributed by atoms with E-state index in [1.54, 1.807) is 0 Å². The first-order chi connectivity index (χ1) is 18.1. The van der Waals surface area contributed by atoms with Crippen molar-refractivity contribution in [2.75, 3.05) is 32.8 Å². The fraction of sp³-hybridized carbons (Fsp3) is 0.438. The van der Waals surface area contributed by atoms with E-state index in [9.17, 15) is 4.79 Å². The van der Waals surface area contributed by atoms with Gasteiger partial charge in [0.1, 0.15) is 12.4 Å². The van der Waals surface area contributed by atoms with E-state index in [4.69, 9.17) is 4.74 Å². The van der Waals surface area contributed by atoms with E-state index >= 15 is 0 Å². The zero-order chi connectivity index (χ0) is 25.5. The van der Waals surface area contributed by atoms with E-state index in [0.29, 0.717) is 6.61 Å². The zero-order valence-electron chi connectivity index (χ0n) is 22.1. The molecule has 37 heavy (non-hydrogen) atoms. The first-order valence-electron chi connectivity index (χ1n) is 13.8. The maximum absolute atomic E-state index is 13.2. The first-order valence-corrected chi connectivity index (χ1v) is 13.8. The number of carbonyl (C=O) groups excluding carboxylic acids is 1. The van der Waals surface area contributed by atoms with Gasteiger partial charge in [-0.15, -0.1) is 0 Å². The molecule has 0 N–H and O–H groups in total. The van der Waals surface area contributed by atoms with Crippen molar-refractivity contribution in [2.45, 2.75) is 52.0 Å². The Bertz CT molecular complexity index is 1170. The maximum Gasteiger partial charge on any atom is 0.253 e. The molecule has 5 nitrogen and oxygen atoms in total. The molecule has 2 aliphatic rings. The van der Waals surface area contributed by atoms with Crippen LogP contribution in [0.2, 0.25) is 0 Å². The molecule has 0 aliphatic carbocycles. The molecule has 0 atom stereocenters. The first kappa shape index (κ1) is 25.5. The van der Waals surface area contributed by atoms with E-state index in [2.05, 4.69) is 45.1 Å². The second-order valence-corrected chi connectivity index (χ2v) is 10.9. The molecule has 3 aromatic rings. The summed E-state index contributed by atoms with van der Waals surface area (Å²) in [5, 5.41) is 0. The lowest BCUT2D eigenvalue weighted by Gasteiger charge is -2.45. The molecule has 1 fully saturated rings.